The van der Waals surface area contributed by atoms with Crippen LogP contribution in [0, 0.1) is 0 Å². The highest BCUT2D eigenvalue weighted by atomic mass is 19.4. The molecule has 1 aliphatic rings. The molecule has 0 aromatic heterocycles. The molecular weight excluding hydrogens is 289 g/mol. The van der Waals surface area contributed by atoms with Gasteiger partial charge in [-0.3, -0.25) is 4.90 Å². The Kier molecular flexibility index (Phi) is 5.50. The van der Waals surface area contributed by atoms with Crippen molar-refractivity contribution < 1.29 is 13.2 Å². The quantitative estimate of drug-likeness (QED) is 0.830. The number of likely N-dealkylation sites (N-methyl/N-ethyl adjacent to an activating group) is 1. The highest BCUT2D eigenvalue weighted by Crippen LogP contribution is 2.32. The van der Waals surface area contributed by atoms with E-state index in [1.807, 2.05) is 19.9 Å². The number of hydrogen-bond acceptors (Lipinski definition) is 2. The summed E-state index contributed by atoms with van der Waals surface area (Å²) in [5, 5.41) is 0. The van der Waals surface area contributed by atoms with Gasteiger partial charge in [-0.05, 0) is 35.7 Å². The first-order valence-corrected chi connectivity index (χ1v) is 7.95. The van der Waals surface area contributed by atoms with Crippen LogP contribution >= 0.6 is 0 Å². The molecule has 1 aliphatic heterocycles. The molecule has 5 heteroatoms. The lowest BCUT2D eigenvalue weighted by molar-refractivity contribution is -0.137. The lowest BCUT2D eigenvalue weighted by Gasteiger charge is -2.34. The van der Waals surface area contributed by atoms with Gasteiger partial charge in [0.25, 0.3) is 0 Å². The molecule has 1 aromatic carbocycles. The average molecular weight is 314 g/mol. The molecule has 0 aliphatic carbocycles. The summed E-state index contributed by atoms with van der Waals surface area (Å²) < 4.78 is 39.2. The molecule has 2 nitrogen and oxygen atoms in total. The zero-order chi connectivity index (χ0) is 16.3. The molecule has 1 aromatic rings. The number of nitrogens with zero attached hydrogens (tertiary/aromatic N) is 2. The maximum Gasteiger partial charge on any atom is 0.416 e. The maximum atomic E-state index is 13.1. The van der Waals surface area contributed by atoms with Gasteiger partial charge in [-0.25, -0.2) is 0 Å². The molecule has 0 saturated carbocycles. The molecule has 22 heavy (non-hydrogen) atoms. The van der Waals surface area contributed by atoms with E-state index in [2.05, 4.69) is 16.7 Å². The predicted octanol–water partition coefficient (Wildman–Crippen LogP) is 3.97. The maximum absolute atomic E-state index is 13.1. The van der Waals surface area contributed by atoms with Gasteiger partial charge in [0.05, 0.1) is 5.56 Å². The van der Waals surface area contributed by atoms with Gasteiger partial charge in [-0.15, -0.1) is 0 Å². The third-order valence-corrected chi connectivity index (χ3v) is 4.33. The Labute approximate surface area is 130 Å². The van der Waals surface area contributed by atoms with Crippen molar-refractivity contribution in [2.45, 2.75) is 39.4 Å². The highest BCUT2D eigenvalue weighted by molar-refractivity contribution is 5.33. The van der Waals surface area contributed by atoms with Crippen molar-refractivity contribution in [2.24, 2.45) is 0 Å². The van der Waals surface area contributed by atoms with Crippen LogP contribution in [0.5, 0.6) is 0 Å². The Morgan fingerprint density at radius 3 is 2.09 bits per heavy atom. The van der Waals surface area contributed by atoms with Crippen LogP contribution in [0.4, 0.5) is 13.2 Å². The summed E-state index contributed by atoms with van der Waals surface area (Å²) in [6, 6.07) is 4.51. The van der Waals surface area contributed by atoms with Gasteiger partial charge in [-0.2, -0.15) is 13.2 Å². The second kappa shape index (κ2) is 7.01. The zero-order valence-electron chi connectivity index (χ0n) is 13.6. The zero-order valence-corrected chi connectivity index (χ0v) is 13.6. The molecule has 0 N–H and O–H groups in total. The fraction of sp³-hybridized carbons (Fsp3) is 0.647. The van der Waals surface area contributed by atoms with Gasteiger partial charge in [-0.1, -0.05) is 26.8 Å². The third kappa shape index (κ3) is 4.46. The molecule has 1 fully saturated rings. The smallest absolute Gasteiger partial charge is 0.301 e. The van der Waals surface area contributed by atoms with E-state index in [1.165, 1.54) is 12.1 Å². The Morgan fingerprint density at radius 2 is 1.59 bits per heavy atom. The molecule has 1 saturated heterocycles. The summed E-state index contributed by atoms with van der Waals surface area (Å²) >= 11 is 0. The van der Waals surface area contributed by atoms with Crippen LogP contribution in [0.15, 0.2) is 18.2 Å². The summed E-state index contributed by atoms with van der Waals surface area (Å²) in [6.07, 6.45) is -4.28. The summed E-state index contributed by atoms with van der Waals surface area (Å²) in [5.74, 6) is 0.0954. The van der Waals surface area contributed by atoms with E-state index < -0.39 is 11.7 Å². The normalized spacial score (nSPS) is 18.1. The summed E-state index contributed by atoms with van der Waals surface area (Å²) in [7, 11) is 0. The molecular formula is C17H25F3N2. The van der Waals surface area contributed by atoms with E-state index in [0.717, 1.165) is 43.9 Å². The lowest BCUT2D eigenvalue weighted by atomic mass is 9.97. The van der Waals surface area contributed by atoms with E-state index >= 15 is 0 Å². The minimum Gasteiger partial charge on any atom is -0.301 e. The largest absolute Gasteiger partial charge is 0.416 e. The van der Waals surface area contributed by atoms with Crippen LogP contribution in [0.1, 0.15) is 43.4 Å². The Balaban J connectivity index is 2.15. The van der Waals surface area contributed by atoms with Crippen molar-refractivity contribution in [3.8, 4) is 0 Å². The number of alkyl halides is 3. The predicted molar refractivity (Wildman–Crippen MR) is 82.9 cm³/mol. The van der Waals surface area contributed by atoms with E-state index in [1.54, 1.807) is 0 Å². The first-order chi connectivity index (χ1) is 10.3. The molecule has 124 valence electrons. The van der Waals surface area contributed by atoms with Crippen LogP contribution in [0.3, 0.4) is 0 Å². The van der Waals surface area contributed by atoms with Gasteiger partial charge in [0.1, 0.15) is 0 Å². The van der Waals surface area contributed by atoms with Gasteiger partial charge in [0.2, 0.25) is 0 Å². The Hall–Kier alpha value is -1.07. The van der Waals surface area contributed by atoms with E-state index in [0.29, 0.717) is 6.54 Å². The van der Waals surface area contributed by atoms with Gasteiger partial charge in [0.15, 0.2) is 0 Å². The van der Waals surface area contributed by atoms with Gasteiger partial charge >= 0.3 is 6.18 Å². The molecule has 0 amide bonds. The first-order valence-electron chi connectivity index (χ1n) is 7.95. The first kappa shape index (κ1) is 17.3. The fourth-order valence-electron chi connectivity index (χ4n) is 2.83. The van der Waals surface area contributed by atoms with E-state index in [-0.39, 0.29) is 5.92 Å². The third-order valence-electron chi connectivity index (χ3n) is 4.33. The topological polar surface area (TPSA) is 6.48 Å². The monoisotopic (exact) mass is 314 g/mol. The van der Waals surface area contributed by atoms with Crippen molar-refractivity contribution in [3.05, 3.63) is 34.9 Å². The van der Waals surface area contributed by atoms with Crippen LogP contribution < -0.4 is 0 Å². The minimum absolute atomic E-state index is 0.0954. The molecule has 0 radical (unpaired) electrons. The van der Waals surface area contributed by atoms with Crippen molar-refractivity contribution in [1.82, 2.24) is 9.80 Å². The Morgan fingerprint density at radius 1 is 1.00 bits per heavy atom. The second-order valence-corrected chi connectivity index (χ2v) is 6.33. The highest BCUT2D eigenvalue weighted by Gasteiger charge is 2.31. The SMILES string of the molecule is CCN1CCN(Cc2cc(C(C)C)cc(C(F)(F)F)c2)CC1. The fourth-order valence-corrected chi connectivity index (χ4v) is 2.83. The molecule has 0 spiro atoms. The number of halogens is 3. The van der Waals surface area contributed by atoms with E-state index in [4.69, 9.17) is 0 Å². The summed E-state index contributed by atoms with van der Waals surface area (Å²) in [5.41, 5.74) is 1.00. The summed E-state index contributed by atoms with van der Waals surface area (Å²) in [4.78, 5) is 4.61. The molecule has 0 bridgehead atoms. The standard InChI is InChI=1S/C17H25F3N2/c1-4-21-5-7-22(8-6-21)12-14-9-15(13(2)3)11-16(10-14)17(18,19)20/h9-11,13H,4-8,12H2,1-3H3. The van der Waals surface area contributed by atoms with Crippen LogP contribution in [-0.4, -0.2) is 42.5 Å². The van der Waals surface area contributed by atoms with Crippen LogP contribution in [-0.2, 0) is 12.7 Å². The minimum atomic E-state index is -4.28. The van der Waals surface area contributed by atoms with Crippen molar-refractivity contribution in [2.75, 3.05) is 32.7 Å². The van der Waals surface area contributed by atoms with Crippen molar-refractivity contribution in [3.63, 3.8) is 0 Å². The number of hydrogen-bond donors (Lipinski definition) is 0. The van der Waals surface area contributed by atoms with Crippen molar-refractivity contribution >= 4 is 0 Å². The molecule has 0 unspecified atom stereocenters. The van der Waals surface area contributed by atoms with Gasteiger partial charge in [0, 0.05) is 32.7 Å². The van der Waals surface area contributed by atoms with Crippen molar-refractivity contribution in [1.29, 1.82) is 0 Å². The molecule has 2 rings (SSSR count). The number of piperazine rings is 1. The number of benzene rings is 1. The van der Waals surface area contributed by atoms with E-state index in [9.17, 15) is 13.2 Å². The van der Waals surface area contributed by atoms with Crippen LogP contribution in [0.25, 0.3) is 0 Å². The lowest BCUT2D eigenvalue weighted by Crippen LogP contribution is -2.45. The second-order valence-electron chi connectivity index (χ2n) is 6.33. The molecule has 1 heterocycles. The summed E-state index contributed by atoms with van der Waals surface area (Å²) in [6.45, 7) is 11.5. The average Bonchev–Trinajstić information content (AvgIpc) is 2.46. The Bertz CT molecular complexity index is 489. The molecule has 0 atom stereocenters. The van der Waals surface area contributed by atoms with Crippen LogP contribution in [0.2, 0.25) is 0 Å². The van der Waals surface area contributed by atoms with Gasteiger partial charge < -0.3 is 4.90 Å². The number of rotatable bonds is 4.